The molecule has 2 heterocycles. The van der Waals surface area contributed by atoms with Gasteiger partial charge >= 0.3 is 5.97 Å². The molecule has 1 unspecified atom stereocenters. The molecule has 1 saturated heterocycles. The molecule has 0 N–H and O–H groups in total. The Morgan fingerprint density at radius 1 is 1.19 bits per heavy atom. The van der Waals surface area contributed by atoms with E-state index in [9.17, 15) is 14.0 Å². The average Bonchev–Trinajstić information content (AvgIpc) is 2.89. The summed E-state index contributed by atoms with van der Waals surface area (Å²) in [5, 5.41) is 0. The van der Waals surface area contributed by atoms with Crippen LogP contribution in [0.25, 0.3) is 0 Å². The molecule has 27 heavy (non-hydrogen) atoms. The van der Waals surface area contributed by atoms with E-state index in [0.29, 0.717) is 5.56 Å². The van der Waals surface area contributed by atoms with Gasteiger partial charge in [-0.05, 0) is 29.3 Å². The molecule has 0 bridgehead atoms. The Bertz CT molecular complexity index is 879. The highest BCUT2D eigenvalue weighted by atomic mass is 19.1. The second-order valence-corrected chi connectivity index (χ2v) is 6.59. The van der Waals surface area contributed by atoms with Gasteiger partial charge in [-0.3, -0.25) is 9.78 Å². The predicted octanol–water partition coefficient (Wildman–Crippen LogP) is 2.96. The zero-order chi connectivity index (χ0) is 19.6. The Labute approximate surface area is 156 Å². The smallest absolute Gasteiger partial charge is 0.377 e. The molecule has 1 atom stereocenters. The molecule has 1 aromatic carbocycles. The van der Waals surface area contributed by atoms with Crippen molar-refractivity contribution in [1.82, 2.24) is 9.88 Å². The van der Waals surface area contributed by atoms with E-state index in [1.54, 1.807) is 51.5 Å². The second-order valence-electron chi connectivity index (χ2n) is 6.59. The van der Waals surface area contributed by atoms with Crippen molar-refractivity contribution in [3.05, 3.63) is 77.6 Å². The van der Waals surface area contributed by atoms with E-state index in [4.69, 9.17) is 9.47 Å². The summed E-state index contributed by atoms with van der Waals surface area (Å²) in [5.41, 5.74) is 1.45. The van der Waals surface area contributed by atoms with Crippen LogP contribution in [0.2, 0.25) is 0 Å². The lowest BCUT2D eigenvalue weighted by Crippen LogP contribution is -2.31. The normalized spacial score (nSPS) is 17.9. The lowest BCUT2D eigenvalue weighted by Gasteiger charge is -2.28. The maximum atomic E-state index is 13.3. The first-order valence-electron chi connectivity index (χ1n) is 8.33. The fourth-order valence-electron chi connectivity index (χ4n) is 2.85. The number of ether oxygens (including phenoxy) is 2. The quantitative estimate of drug-likeness (QED) is 0.611. The van der Waals surface area contributed by atoms with E-state index < -0.39 is 23.7 Å². The van der Waals surface area contributed by atoms with Crippen LogP contribution in [-0.4, -0.2) is 34.6 Å². The zero-order valence-electron chi connectivity index (χ0n) is 15.2. The monoisotopic (exact) mass is 370 g/mol. The summed E-state index contributed by atoms with van der Waals surface area (Å²) < 4.78 is 23.7. The lowest BCUT2D eigenvalue weighted by molar-refractivity contribution is -0.159. The first kappa shape index (κ1) is 18.6. The summed E-state index contributed by atoms with van der Waals surface area (Å²) in [7, 11) is 1.59. The average molecular weight is 370 g/mol. The number of nitrogens with zero attached hydrogens (tertiary/aromatic N) is 2. The maximum Gasteiger partial charge on any atom is 0.377 e. The van der Waals surface area contributed by atoms with Gasteiger partial charge in [-0.1, -0.05) is 18.2 Å². The number of carbonyl (C=O) groups excluding carboxylic acids is 2. The van der Waals surface area contributed by atoms with Gasteiger partial charge in [0.05, 0.1) is 12.1 Å². The zero-order valence-corrected chi connectivity index (χ0v) is 15.2. The van der Waals surface area contributed by atoms with Crippen LogP contribution in [0.15, 0.2) is 60.6 Å². The van der Waals surface area contributed by atoms with Crippen molar-refractivity contribution in [3.63, 3.8) is 0 Å². The Balaban J connectivity index is 1.94. The van der Waals surface area contributed by atoms with Crippen LogP contribution in [0.5, 0.6) is 0 Å². The first-order chi connectivity index (χ1) is 12.8. The van der Waals surface area contributed by atoms with Crippen molar-refractivity contribution in [2.24, 2.45) is 0 Å². The molecule has 1 aliphatic heterocycles. The van der Waals surface area contributed by atoms with Crippen LogP contribution in [0.1, 0.15) is 31.0 Å². The number of benzene rings is 1. The van der Waals surface area contributed by atoms with Crippen molar-refractivity contribution in [3.8, 4) is 0 Å². The molecular formula is C20H19FN2O4. The Morgan fingerprint density at radius 3 is 2.44 bits per heavy atom. The van der Waals surface area contributed by atoms with Gasteiger partial charge < -0.3 is 14.4 Å². The van der Waals surface area contributed by atoms with Crippen LogP contribution < -0.4 is 0 Å². The number of cyclic esters (lactones) is 1. The summed E-state index contributed by atoms with van der Waals surface area (Å²) in [4.78, 5) is 30.2. The number of amides is 1. The molecule has 1 aliphatic rings. The summed E-state index contributed by atoms with van der Waals surface area (Å²) in [6, 6.07) is 8.92. The fourth-order valence-corrected chi connectivity index (χ4v) is 2.85. The van der Waals surface area contributed by atoms with E-state index in [0.717, 1.165) is 11.6 Å². The number of esters is 1. The highest BCUT2D eigenvalue weighted by Gasteiger charge is 2.38. The minimum Gasteiger partial charge on any atom is -0.445 e. The third-order valence-electron chi connectivity index (χ3n) is 4.07. The number of halogens is 1. The molecule has 140 valence electrons. The van der Waals surface area contributed by atoms with Crippen LogP contribution in [0.3, 0.4) is 0 Å². The highest BCUT2D eigenvalue weighted by Crippen LogP contribution is 2.29. The number of aromatic nitrogens is 1. The molecule has 3 rings (SSSR count). The van der Waals surface area contributed by atoms with E-state index in [-0.39, 0.29) is 11.6 Å². The molecule has 0 aliphatic carbocycles. The van der Waals surface area contributed by atoms with E-state index >= 15 is 0 Å². The highest BCUT2D eigenvalue weighted by molar-refractivity contribution is 5.98. The summed E-state index contributed by atoms with van der Waals surface area (Å²) in [6.07, 6.45) is 4.36. The van der Waals surface area contributed by atoms with Crippen molar-refractivity contribution in [1.29, 1.82) is 0 Å². The van der Waals surface area contributed by atoms with Crippen LogP contribution in [-0.2, 0) is 19.1 Å². The lowest BCUT2D eigenvalue weighted by atomic mass is 9.98. The van der Waals surface area contributed by atoms with Gasteiger partial charge in [-0.25, -0.2) is 9.18 Å². The molecule has 1 fully saturated rings. The SMILES string of the molecule is CN(C(=O)/C=C1\OC(C)(C)OC1=O)C(c1ccc(F)cc1)c1cccnc1. The standard InChI is InChI=1S/C20H19FN2O4/c1-20(2)26-16(19(25)27-20)11-17(24)23(3)18(14-5-4-10-22-12-14)13-6-8-15(21)9-7-13/h4-12,18H,1-3H3/b16-11-. The van der Waals surface area contributed by atoms with Gasteiger partial charge in [-0.15, -0.1) is 0 Å². The molecule has 7 heteroatoms. The number of likely N-dealkylation sites (N-methyl/N-ethyl adjacent to an activating group) is 1. The fraction of sp³-hybridized carbons (Fsp3) is 0.250. The molecule has 0 spiro atoms. The summed E-state index contributed by atoms with van der Waals surface area (Å²) >= 11 is 0. The Hall–Kier alpha value is -3.22. The second kappa shape index (κ2) is 7.19. The number of hydrogen-bond donors (Lipinski definition) is 0. The van der Waals surface area contributed by atoms with Gasteiger partial charge in [0.1, 0.15) is 5.82 Å². The predicted molar refractivity (Wildman–Crippen MR) is 94.6 cm³/mol. The van der Waals surface area contributed by atoms with Crippen LogP contribution in [0.4, 0.5) is 4.39 Å². The van der Waals surface area contributed by atoms with Gasteiger partial charge in [0.25, 0.3) is 5.91 Å². The Kier molecular flexibility index (Phi) is 4.94. The molecule has 0 saturated carbocycles. The van der Waals surface area contributed by atoms with Crippen LogP contribution >= 0.6 is 0 Å². The summed E-state index contributed by atoms with van der Waals surface area (Å²) in [6.45, 7) is 3.16. The largest absolute Gasteiger partial charge is 0.445 e. The van der Waals surface area contributed by atoms with Crippen molar-refractivity contribution < 1.29 is 23.5 Å². The molecule has 6 nitrogen and oxygen atoms in total. The summed E-state index contributed by atoms with van der Waals surface area (Å²) in [5.74, 6) is -2.79. The number of hydrogen-bond acceptors (Lipinski definition) is 5. The van der Waals surface area contributed by atoms with Gasteiger partial charge in [0.15, 0.2) is 0 Å². The molecular weight excluding hydrogens is 351 g/mol. The maximum absolute atomic E-state index is 13.3. The molecule has 1 aromatic heterocycles. The molecule has 1 amide bonds. The molecule has 2 aromatic rings. The number of carbonyl (C=O) groups is 2. The number of pyridine rings is 1. The van der Waals surface area contributed by atoms with E-state index in [2.05, 4.69) is 4.98 Å². The van der Waals surface area contributed by atoms with Crippen molar-refractivity contribution in [2.45, 2.75) is 25.7 Å². The first-order valence-corrected chi connectivity index (χ1v) is 8.33. The van der Waals surface area contributed by atoms with Gasteiger partial charge in [0, 0.05) is 33.3 Å². The van der Waals surface area contributed by atoms with Crippen molar-refractivity contribution >= 4 is 11.9 Å². The minimum atomic E-state index is -1.11. The van der Waals surface area contributed by atoms with Crippen molar-refractivity contribution in [2.75, 3.05) is 7.05 Å². The van der Waals surface area contributed by atoms with Gasteiger partial charge in [-0.2, -0.15) is 0 Å². The van der Waals surface area contributed by atoms with Crippen LogP contribution in [0, 0.1) is 5.82 Å². The minimum absolute atomic E-state index is 0.152. The third kappa shape index (κ3) is 4.13. The topological polar surface area (TPSA) is 68.7 Å². The third-order valence-corrected chi connectivity index (χ3v) is 4.07. The van der Waals surface area contributed by atoms with E-state index in [1.165, 1.54) is 17.0 Å². The molecule has 0 radical (unpaired) electrons. The van der Waals surface area contributed by atoms with Gasteiger partial charge in [0.2, 0.25) is 11.5 Å². The Morgan fingerprint density at radius 2 is 1.89 bits per heavy atom. The number of rotatable bonds is 4. The van der Waals surface area contributed by atoms with E-state index in [1.807, 2.05) is 6.07 Å².